The van der Waals surface area contributed by atoms with Gasteiger partial charge in [-0.3, -0.25) is 4.79 Å². The molecular weight excluding hydrogens is 304 g/mol. The van der Waals surface area contributed by atoms with Crippen molar-refractivity contribution in [2.24, 2.45) is 5.73 Å². The molecule has 1 aromatic carbocycles. The van der Waals surface area contributed by atoms with Crippen molar-refractivity contribution in [1.29, 1.82) is 0 Å². The Morgan fingerprint density at radius 3 is 2.29 bits per heavy atom. The van der Waals surface area contributed by atoms with E-state index in [0.29, 0.717) is 32.6 Å². The van der Waals surface area contributed by atoms with E-state index in [1.165, 1.54) is 11.1 Å². The number of carbonyl (C=O) groups is 1. The third-order valence-corrected chi connectivity index (χ3v) is 5.59. The number of ether oxygens (including phenoxy) is 2. The maximum atomic E-state index is 12.7. The number of nitrogens with two attached hydrogens (primary N) is 1. The molecule has 0 aliphatic carbocycles. The molecule has 2 aliphatic heterocycles. The van der Waals surface area contributed by atoms with Gasteiger partial charge < -0.3 is 20.5 Å². The molecular formula is C19H28N2O3. The summed E-state index contributed by atoms with van der Waals surface area (Å²) in [5.41, 5.74) is 8.03. The molecule has 0 radical (unpaired) electrons. The molecule has 2 fully saturated rings. The molecule has 2 saturated heterocycles. The van der Waals surface area contributed by atoms with Crippen LogP contribution < -0.4 is 11.1 Å². The Kier molecular flexibility index (Phi) is 5.23. The van der Waals surface area contributed by atoms with Crippen LogP contribution in [-0.4, -0.2) is 44.4 Å². The predicted octanol–water partition coefficient (Wildman–Crippen LogP) is 1.67. The van der Waals surface area contributed by atoms with Crippen LogP contribution in [0.5, 0.6) is 0 Å². The van der Waals surface area contributed by atoms with Gasteiger partial charge in [0, 0.05) is 38.4 Å². The van der Waals surface area contributed by atoms with Crippen LogP contribution in [-0.2, 0) is 19.7 Å². The molecule has 3 rings (SSSR count). The summed E-state index contributed by atoms with van der Waals surface area (Å²) >= 11 is 0. The molecule has 0 atom stereocenters. The van der Waals surface area contributed by atoms with Crippen LogP contribution in [0.25, 0.3) is 0 Å². The molecule has 5 heteroatoms. The lowest BCUT2D eigenvalue weighted by Crippen LogP contribution is -2.59. The van der Waals surface area contributed by atoms with Crippen LogP contribution in [0, 0.1) is 6.92 Å². The van der Waals surface area contributed by atoms with Crippen LogP contribution in [0.4, 0.5) is 0 Å². The maximum absolute atomic E-state index is 12.7. The second-order valence-corrected chi connectivity index (χ2v) is 7.16. The fourth-order valence-corrected chi connectivity index (χ4v) is 3.86. The summed E-state index contributed by atoms with van der Waals surface area (Å²) in [5, 5.41) is 3.15. The Labute approximate surface area is 143 Å². The smallest absolute Gasteiger partial charge is 0.240 e. The van der Waals surface area contributed by atoms with Gasteiger partial charge in [0.05, 0.1) is 5.54 Å². The molecule has 132 valence electrons. The number of hydrogen-bond donors (Lipinski definition) is 2. The molecule has 24 heavy (non-hydrogen) atoms. The first-order chi connectivity index (χ1) is 11.6. The zero-order chi connectivity index (χ0) is 17.0. The number of carbonyl (C=O) groups excluding carboxylic acids is 1. The van der Waals surface area contributed by atoms with E-state index in [2.05, 4.69) is 36.5 Å². The number of amides is 1. The van der Waals surface area contributed by atoms with E-state index in [9.17, 15) is 4.79 Å². The topological polar surface area (TPSA) is 73.6 Å². The van der Waals surface area contributed by atoms with Crippen molar-refractivity contribution in [2.75, 3.05) is 33.0 Å². The van der Waals surface area contributed by atoms with Crippen molar-refractivity contribution >= 4 is 5.91 Å². The number of nitrogens with one attached hydrogen (secondary N) is 1. The minimum atomic E-state index is -0.795. The molecule has 1 amide bonds. The Balaban J connectivity index is 1.76. The first-order valence-electron chi connectivity index (χ1n) is 8.85. The quantitative estimate of drug-likeness (QED) is 0.880. The third kappa shape index (κ3) is 3.48. The van der Waals surface area contributed by atoms with Gasteiger partial charge in [-0.2, -0.15) is 0 Å². The highest BCUT2D eigenvalue weighted by Gasteiger charge is 2.40. The Morgan fingerprint density at radius 2 is 1.67 bits per heavy atom. The largest absolute Gasteiger partial charge is 0.381 e. The maximum Gasteiger partial charge on any atom is 0.240 e. The van der Waals surface area contributed by atoms with Gasteiger partial charge in [-0.15, -0.1) is 0 Å². The fourth-order valence-electron chi connectivity index (χ4n) is 3.86. The Hall–Kier alpha value is -1.43. The van der Waals surface area contributed by atoms with Crippen molar-refractivity contribution < 1.29 is 14.3 Å². The van der Waals surface area contributed by atoms with Crippen molar-refractivity contribution in [3.63, 3.8) is 0 Å². The highest BCUT2D eigenvalue weighted by atomic mass is 16.5. The van der Waals surface area contributed by atoms with Crippen molar-refractivity contribution in [3.8, 4) is 0 Å². The highest BCUT2D eigenvalue weighted by molar-refractivity contribution is 5.86. The average molecular weight is 332 g/mol. The molecule has 0 bridgehead atoms. The molecule has 3 N–H and O–H groups in total. The zero-order valence-corrected chi connectivity index (χ0v) is 14.5. The van der Waals surface area contributed by atoms with Crippen molar-refractivity contribution in [1.82, 2.24) is 5.32 Å². The standard InChI is InChI=1S/C19H28N2O3/c1-15-4-2-3-5-16(15)18(6-10-23-11-7-18)14-21-17(22)19(20)8-12-24-13-9-19/h2-5H,6-14,20H2,1H3,(H,21,22). The molecule has 0 aromatic heterocycles. The van der Waals surface area contributed by atoms with Crippen LogP contribution >= 0.6 is 0 Å². The molecule has 1 aromatic rings. The SMILES string of the molecule is Cc1ccccc1C1(CNC(=O)C2(N)CCOCC2)CCOCC1. The summed E-state index contributed by atoms with van der Waals surface area (Å²) in [4.78, 5) is 12.7. The lowest BCUT2D eigenvalue weighted by molar-refractivity contribution is -0.130. The van der Waals surface area contributed by atoms with E-state index in [1.807, 2.05) is 0 Å². The number of rotatable bonds is 4. The summed E-state index contributed by atoms with van der Waals surface area (Å²) in [6.45, 7) is 5.32. The zero-order valence-electron chi connectivity index (χ0n) is 14.5. The molecule has 5 nitrogen and oxygen atoms in total. The van der Waals surface area contributed by atoms with E-state index >= 15 is 0 Å². The summed E-state index contributed by atoms with van der Waals surface area (Å²) in [6, 6.07) is 8.45. The van der Waals surface area contributed by atoms with Crippen molar-refractivity contribution in [2.45, 2.75) is 43.6 Å². The molecule has 2 aliphatic rings. The molecule has 0 spiro atoms. The van der Waals surface area contributed by atoms with E-state index in [1.54, 1.807) is 0 Å². The molecule has 0 saturated carbocycles. The summed E-state index contributed by atoms with van der Waals surface area (Å²) in [6.07, 6.45) is 3.00. The van der Waals surface area contributed by atoms with Crippen LogP contribution in [0.2, 0.25) is 0 Å². The second-order valence-electron chi connectivity index (χ2n) is 7.16. The van der Waals surface area contributed by atoms with E-state index in [4.69, 9.17) is 15.2 Å². The number of hydrogen-bond acceptors (Lipinski definition) is 4. The van der Waals surface area contributed by atoms with Gasteiger partial charge in [0.25, 0.3) is 0 Å². The van der Waals surface area contributed by atoms with Gasteiger partial charge in [0.2, 0.25) is 5.91 Å². The van der Waals surface area contributed by atoms with Gasteiger partial charge in [-0.05, 0) is 43.7 Å². The minimum Gasteiger partial charge on any atom is -0.381 e. The molecule has 0 unspecified atom stereocenters. The van der Waals surface area contributed by atoms with Crippen LogP contribution in [0.3, 0.4) is 0 Å². The number of benzene rings is 1. The van der Waals surface area contributed by atoms with Gasteiger partial charge in [0.1, 0.15) is 0 Å². The Bertz CT molecular complexity index is 576. The normalized spacial score (nSPS) is 22.8. The van der Waals surface area contributed by atoms with Gasteiger partial charge >= 0.3 is 0 Å². The number of aryl methyl sites for hydroxylation is 1. The predicted molar refractivity (Wildman–Crippen MR) is 92.9 cm³/mol. The first kappa shape index (κ1) is 17.4. The Morgan fingerprint density at radius 1 is 1.08 bits per heavy atom. The fraction of sp³-hybridized carbons (Fsp3) is 0.632. The second kappa shape index (κ2) is 7.21. The van der Waals surface area contributed by atoms with Crippen LogP contribution in [0.1, 0.15) is 36.8 Å². The monoisotopic (exact) mass is 332 g/mol. The van der Waals surface area contributed by atoms with Crippen LogP contribution in [0.15, 0.2) is 24.3 Å². The summed E-state index contributed by atoms with van der Waals surface area (Å²) in [5.74, 6) is -0.0507. The minimum absolute atomic E-state index is 0.0507. The van der Waals surface area contributed by atoms with E-state index in [0.717, 1.165) is 26.1 Å². The average Bonchev–Trinajstić information content (AvgIpc) is 2.61. The highest BCUT2D eigenvalue weighted by Crippen LogP contribution is 2.36. The van der Waals surface area contributed by atoms with E-state index in [-0.39, 0.29) is 11.3 Å². The first-order valence-corrected chi connectivity index (χ1v) is 8.85. The van der Waals surface area contributed by atoms with Crippen molar-refractivity contribution in [3.05, 3.63) is 35.4 Å². The lowest BCUT2D eigenvalue weighted by atomic mass is 9.72. The third-order valence-electron chi connectivity index (χ3n) is 5.59. The van der Waals surface area contributed by atoms with Gasteiger partial charge in [-0.1, -0.05) is 24.3 Å². The summed E-state index contributed by atoms with van der Waals surface area (Å²) in [7, 11) is 0. The van der Waals surface area contributed by atoms with E-state index < -0.39 is 5.54 Å². The molecule has 2 heterocycles. The lowest BCUT2D eigenvalue weighted by Gasteiger charge is -2.40. The summed E-state index contributed by atoms with van der Waals surface area (Å²) < 4.78 is 10.9. The van der Waals surface area contributed by atoms with Gasteiger partial charge in [0.15, 0.2) is 0 Å². The van der Waals surface area contributed by atoms with Gasteiger partial charge in [-0.25, -0.2) is 0 Å².